The Hall–Kier alpha value is 0.260. The maximum Gasteiger partial charge on any atom is 0.211 e. The van der Waals surface area contributed by atoms with Crippen LogP contribution in [0.5, 0.6) is 0 Å². The Morgan fingerprint density at radius 2 is 1.92 bits per heavy atom. The van der Waals surface area contributed by atoms with Gasteiger partial charge in [-0.05, 0) is 43.8 Å². The molecule has 0 aromatic carbocycles. The molecule has 0 bridgehead atoms. The van der Waals surface area contributed by atoms with E-state index in [1.165, 1.54) is 31.3 Å². The highest BCUT2D eigenvalue weighted by atomic mass is 127. The molecule has 9 heteroatoms. The van der Waals surface area contributed by atoms with Crippen LogP contribution >= 0.6 is 35.7 Å². The Morgan fingerprint density at radius 1 is 1.24 bits per heavy atom. The lowest BCUT2D eigenvalue weighted by molar-refractivity contribution is 0.274. The second-order valence-corrected chi connectivity index (χ2v) is 10.3. The first kappa shape index (κ1) is 23.3. The molecule has 0 spiro atoms. The third-order valence-corrected chi connectivity index (χ3v) is 7.49. The molecule has 2 aliphatic rings. The van der Waals surface area contributed by atoms with E-state index in [4.69, 9.17) is 0 Å². The van der Waals surface area contributed by atoms with Gasteiger partial charge in [0.2, 0.25) is 10.0 Å². The van der Waals surface area contributed by atoms with Gasteiger partial charge in [0.1, 0.15) is 0 Å². The Labute approximate surface area is 174 Å². The van der Waals surface area contributed by atoms with Crippen molar-refractivity contribution in [2.45, 2.75) is 50.3 Å². The number of nitrogens with one attached hydrogen (secondary N) is 2. The number of aliphatic imine (C=N–C) groups is 1. The fourth-order valence-electron chi connectivity index (χ4n) is 3.53. The number of hydrogen-bond donors (Lipinski definition) is 2. The second kappa shape index (κ2) is 11.2. The molecule has 2 atom stereocenters. The van der Waals surface area contributed by atoms with Gasteiger partial charge in [-0.2, -0.15) is 11.8 Å². The molecular formula is C16H33IN4O2S2. The summed E-state index contributed by atoms with van der Waals surface area (Å²) in [5.41, 5.74) is 0. The van der Waals surface area contributed by atoms with Gasteiger partial charge in [-0.25, -0.2) is 12.7 Å². The van der Waals surface area contributed by atoms with Gasteiger partial charge in [0.15, 0.2) is 5.96 Å². The van der Waals surface area contributed by atoms with Crippen molar-refractivity contribution >= 4 is 51.7 Å². The van der Waals surface area contributed by atoms with Crippen LogP contribution in [0.15, 0.2) is 4.99 Å². The normalized spacial score (nSPS) is 26.3. The molecule has 2 N–H and O–H groups in total. The fourth-order valence-corrected chi connectivity index (χ4v) is 5.55. The average molecular weight is 505 g/mol. The first-order valence-electron chi connectivity index (χ1n) is 8.96. The van der Waals surface area contributed by atoms with Crippen LogP contribution in [0, 0.1) is 5.92 Å². The Morgan fingerprint density at radius 3 is 2.48 bits per heavy atom. The molecule has 0 aromatic rings. The van der Waals surface area contributed by atoms with Crippen LogP contribution in [0.3, 0.4) is 0 Å². The van der Waals surface area contributed by atoms with E-state index in [1.54, 1.807) is 4.31 Å². The Kier molecular flexibility index (Phi) is 10.4. The molecule has 148 valence electrons. The van der Waals surface area contributed by atoms with Gasteiger partial charge in [0.05, 0.1) is 6.26 Å². The SMILES string of the molecule is CCSC1CCC(NC(=NC)NCC2CCN(S(C)(=O)=O)CC2)C1.I. The van der Waals surface area contributed by atoms with Gasteiger partial charge in [-0.1, -0.05) is 6.92 Å². The number of hydrogen-bond acceptors (Lipinski definition) is 4. The number of guanidine groups is 1. The lowest BCUT2D eigenvalue weighted by atomic mass is 9.98. The maximum atomic E-state index is 11.6. The van der Waals surface area contributed by atoms with Crippen LogP contribution in [0.1, 0.15) is 39.0 Å². The number of nitrogens with zero attached hydrogens (tertiary/aromatic N) is 2. The van der Waals surface area contributed by atoms with E-state index in [-0.39, 0.29) is 24.0 Å². The largest absolute Gasteiger partial charge is 0.356 e. The maximum absolute atomic E-state index is 11.6. The van der Waals surface area contributed by atoms with Gasteiger partial charge < -0.3 is 10.6 Å². The van der Waals surface area contributed by atoms with Crippen molar-refractivity contribution in [2.24, 2.45) is 10.9 Å². The molecule has 2 unspecified atom stereocenters. The van der Waals surface area contributed by atoms with Gasteiger partial charge >= 0.3 is 0 Å². The van der Waals surface area contributed by atoms with Crippen molar-refractivity contribution in [2.75, 3.05) is 38.7 Å². The molecule has 1 heterocycles. The molecule has 1 aliphatic carbocycles. The second-order valence-electron chi connectivity index (χ2n) is 6.79. The van der Waals surface area contributed by atoms with E-state index in [0.29, 0.717) is 25.0 Å². The molecular weight excluding hydrogens is 471 g/mol. The Bertz CT molecular complexity index is 522. The zero-order valence-electron chi connectivity index (χ0n) is 15.5. The van der Waals surface area contributed by atoms with Gasteiger partial charge in [0, 0.05) is 38.0 Å². The van der Waals surface area contributed by atoms with Crippen molar-refractivity contribution in [3.8, 4) is 0 Å². The summed E-state index contributed by atoms with van der Waals surface area (Å²) in [6, 6.07) is 0.521. The van der Waals surface area contributed by atoms with Gasteiger partial charge in [0.25, 0.3) is 0 Å². The van der Waals surface area contributed by atoms with Crippen LogP contribution in [-0.4, -0.2) is 68.7 Å². The molecule has 2 fully saturated rings. The zero-order valence-corrected chi connectivity index (χ0v) is 19.5. The quantitative estimate of drug-likeness (QED) is 0.330. The summed E-state index contributed by atoms with van der Waals surface area (Å²) >= 11 is 2.06. The van der Waals surface area contributed by atoms with E-state index in [1.807, 2.05) is 7.05 Å². The van der Waals surface area contributed by atoms with Crippen molar-refractivity contribution in [1.82, 2.24) is 14.9 Å². The minimum absolute atomic E-state index is 0. The number of piperidine rings is 1. The van der Waals surface area contributed by atoms with Crippen LogP contribution in [0.25, 0.3) is 0 Å². The van der Waals surface area contributed by atoms with E-state index in [9.17, 15) is 8.42 Å². The summed E-state index contributed by atoms with van der Waals surface area (Å²) in [5.74, 6) is 2.58. The van der Waals surface area contributed by atoms with Crippen molar-refractivity contribution < 1.29 is 8.42 Å². The number of halogens is 1. The summed E-state index contributed by atoms with van der Waals surface area (Å²) < 4.78 is 24.7. The number of sulfonamides is 1. The zero-order chi connectivity index (χ0) is 17.6. The molecule has 6 nitrogen and oxygen atoms in total. The highest BCUT2D eigenvalue weighted by Gasteiger charge is 2.27. The lowest BCUT2D eigenvalue weighted by Gasteiger charge is -2.30. The summed E-state index contributed by atoms with van der Waals surface area (Å²) in [5, 5.41) is 7.76. The van der Waals surface area contributed by atoms with E-state index in [0.717, 1.165) is 30.6 Å². The summed E-state index contributed by atoms with van der Waals surface area (Å²) in [4.78, 5) is 4.34. The van der Waals surface area contributed by atoms with Crippen LogP contribution in [0.4, 0.5) is 0 Å². The van der Waals surface area contributed by atoms with Crippen molar-refractivity contribution in [1.29, 1.82) is 0 Å². The molecule has 2 rings (SSSR count). The minimum Gasteiger partial charge on any atom is -0.356 e. The minimum atomic E-state index is -3.04. The third-order valence-electron chi connectivity index (χ3n) is 4.95. The average Bonchev–Trinajstić information content (AvgIpc) is 2.98. The number of rotatable bonds is 6. The van der Waals surface area contributed by atoms with Gasteiger partial charge in [-0.3, -0.25) is 4.99 Å². The molecule has 1 saturated carbocycles. The molecule has 0 amide bonds. The summed E-state index contributed by atoms with van der Waals surface area (Å²) in [7, 11) is -1.22. The molecule has 0 radical (unpaired) electrons. The van der Waals surface area contributed by atoms with Crippen molar-refractivity contribution in [3.63, 3.8) is 0 Å². The highest BCUT2D eigenvalue weighted by molar-refractivity contribution is 14.0. The summed E-state index contributed by atoms with van der Waals surface area (Å²) in [6.07, 6.45) is 6.84. The predicted molar refractivity (Wildman–Crippen MR) is 119 cm³/mol. The molecule has 0 aromatic heterocycles. The Balaban J connectivity index is 0.00000312. The monoisotopic (exact) mass is 504 g/mol. The molecule has 1 saturated heterocycles. The molecule has 25 heavy (non-hydrogen) atoms. The van der Waals surface area contributed by atoms with Gasteiger partial charge in [-0.15, -0.1) is 24.0 Å². The van der Waals surface area contributed by atoms with E-state index >= 15 is 0 Å². The van der Waals surface area contributed by atoms with Crippen LogP contribution in [-0.2, 0) is 10.0 Å². The highest BCUT2D eigenvalue weighted by Crippen LogP contribution is 2.29. The first-order valence-corrected chi connectivity index (χ1v) is 11.9. The standard InChI is InChI=1S/C16H32N4O2S2.HI/c1-4-23-15-6-5-14(11-15)19-16(17-2)18-12-13-7-9-20(10-8-13)24(3,21)22;/h13-15H,4-12H2,1-3H3,(H2,17,18,19);1H. The third kappa shape index (κ3) is 7.80. The fraction of sp³-hybridized carbons (Fsp3) is 0.938. The predicted octanol–water partition coefficient (Wildman–Crippen LogP) is 2.12. The summed E-state index contributed by atoms with van der Waals surface area (Å²) in [6.45, 7) is 4.35. The smallest absolute Gasteiger partial charge is 0.211 e. The van der Waals surface area contributed by atoms with Crippen LogP contribution < -0.4 is 10.6 Å². The topological polar surface area (TPSA) is 73.8 Å². The first-order chi connectivity index (χ1) is 11.4. The van der Waals surface area contributed by atoms with E-state index < -0.39 is 10.0 Å². The van der Waals surface area contributed by atoms with Crippen LogP contribution in [0.2, 0.25) is 0 Å². The van der Waals surface area contributed by atoms with E-state index in [2.05, 4.69) is 34.3 Å². The molecule has 1 aliphatic heterocycles. The number of thioether (sulfide) groups is 1. The lowest BCUT2D eigenvalue weighted by Crippen LogP contribution is -2.46. The van der Waals surface area contributed by atoms with Crippen molar-refractivity contribution in [3.05, 3.63) is 0 Å².